The topological polar surface area (TPSA) is 68.2 Å². The van der Waals surface area contributed by atoms with Crippen LogP contribution in [0.25, 0.3) is 0 Å². The average Bonchev–Trinajstić information content (AvgIpc) is 2.77. The van der Waals surface area contributed by atoms with Gasteiger partial charge in [-0.3, -0.25) is 4.90 Å². The van der Waals surface area contributed by atoms with Gasteiger partial charge in [0.05, 0.1) is 13.1 Å². The number of likely N-dealkylation sites (tertiary alicyclic amines) is 1. The zero-order chi connectivity index (χ0) is 9.97. The van der Waals surface area contributed by atoms with Gasteiger partial charge in [-0.1, -0.05) is 5.16 Å². The normalized spacial score (nSPS) is 23.1. The Balaban J connectivity index is 1.96. The van der Waals surface area contributed by atoms with Crippen molar-refractivity contribution < 1.29 is 4.52 Å². The largest absolute Gasteiger partial charge is 0.338 e. The summed E-state index contributed by atoms with van der Waals surface area (Å²) in [6, 6.07) is 0.628. The molecule has 1 aromatic rings. The van der Waals surface area contributed by atoms with Crippen LogP contribution in [0.5, 0.6) is 0 Å². The predicted molar refractivity (Wildman–Crippen MR) is 51.3 cm³/mol. The standard InChI is InChI=1S/C9H16N4O/c1-7-3-2-4-13(7)6-9-11-8(5-10)12-14-9/h7H,2-6,10H2,1H3. The van der Waals surface area contributed by atoms with E-state index in [2.05, 4.69) is 22.0 Å². The van der Waals surface area contributed by atoms with E-state index in [9.17, 15) is 0 Å². The minimum atomic E-state index is 0.346. The highest BCUT2D eigenvalue weighted by Crippen LogP contribution is 2.18. The van der Waals surface area contributed by atoms with Crippen LogP contribution in [0.2, 0.25) is 0 Å². The summed E-state index contributed by atoms with van der Waals surface area (Å²) in [6.45, 7) is 4.46. The van der Waals surface area contributed by atoms with E-state index in [0.717, 1.165) is 13.1 Å². The smallest absolute Gasteiger partial charge is 0.240 e. The number of hydrogen-bond donors (Lipinski definition) is 1. The Morgan fingerprint density at radius 1 is 1.64 bits per heavy atom. The first-order chi connectivity index (χ1) is 6.79. The van der Waals surface area contributed by atoms with Gasteiger partial charge in [-0.25, -0.2) is 0 Å². The third-order valence-corrected chi connectivity index (χ3v) is 2.72. The molecule has 2 heterocycles. The van der Waals surface area contributed by atoms with Crippen molar-refractivity contribution in [1.82, 2.24) is 15.0 Å². The molecular formula is C9H16N4O. The summed E-state index contributed by atoms with van der Waals surface area (Å²) in [6.07, 6.45) is 2.52. The van der Waals surface area contributed by atoms with Gasteiger partial charge in [0.25, 0.3) is 0 Å². The van der Waals surface area contributed by atoms with Crippen LogP contribution in [0, 0.1) is 0 Å². The van der Waals surface area contributed by atoms with Crippen molar-refractivity contribution in [1.29, 1.82) is 0 Å². The van der Waals surface area contributed by atoms with Crippen LogP contribution >= 0.6 is 0 Å². The van der Waals surface area contributed by atoms with E-state index in [1.54, 1.807) is 0 Å². The van der Waals surface area contributed by atoms with Crippen LogP contribution in [0.4, 0.5) is 0 Å². The predicted octanol–water partition coefficient (Wildman–Crippen LogP) is 0.513. The summed E-state index contributed by atoms with van der Waals surface area (Å²) < 4.78 is 5.08. The van der Waals surface area contributed by atoms with Crippen molar-refractivity contribution in [3.8, 4) is 0 Å². The van der Waals surface area contributed by atoms with Gasteiger partial charge in [-0.15, -0.1) is 0 Å². The molecule has 0 spiro atoms. The molecule has 1 aromatic heterocycles. The fourth-order valence-electron chi connectivity index (χ4n) is 1.84. The van der Waals surface area contributed by atoms with E-state index in [1.165, 1.54) is 12.8 Å². The van der Waals surface area contributed by atoms with Gasteiger partial charge in [-0.05, 0) is 26.3 Å². The summed E-state index contributed by atoms with van der Waals surface area (Å²) in [5, 5.41) is 3.76. The number of nitrogens with zero attached hydrogens (tertiary/aromatic N) is 3. The lowest BCUT2D eigenvalue weighted by atomic mass is 10.2. The van der Waals surface area contributed by atoms with Crippen LogP contribution in [0.1, 0.15) is 31.5 Å². The molecule has 5 heteroatoms. The van der Waals surface area contributed by atoms with E-state index in [-0.39, 0.29) is 0 Å². The minimum Gasteiger partial charge on any atom is -0.338 e. The summed E-state index contributed by atoms with van der Waals surface area (Å²) in [5.74, 6) is 1.27. The van der Waals surface area contributed by atoms with Crippen LogP contribution in [-0.4, -0.2) is 27.6 Å². The molecule has 78 valence electrons. The lowest BCUT2D eigenvalue weighted by Gasteiger charge is -2.17. The van der Waals surface area contributed by atoms with Gasteiger partial charge in [0.2, 0.25) is 5.89 Å². The first-order valence-electron chi connectivity index (χ1n) is 5.05. The van der Waals surface area contributed by atoms with E-state index < -0.39 is 0 Å². The fraction of sp³-hybridized carbons (Fsp3) is 0.778. The molecule has 5 nitrogen and oxygen atoms in total. The molecule has 14 heavy (non-hydrogen) atoms. The SMILES string of the molecule is CC1CCCN1Cc1nc(CN)no1. The molecule has 0 amide bonds. The molecule has 1 aliphatic heterocycles. The van der Waals surface area contributed by atoms with E-state index >= 15 is 0 Å². The van der Waals surface area contributed by atoms with Gasteiger partial charge in [0, 0.05) is 6.04 Å². The average molecular weight is 196 g/mol. The Kier molecular flexibility index (Phi) is 2.79. The Morgan fingerprint density at radius 2 is 2.50 bits per heavy atom. The van der Waals surface area contributed by atoms with Gasteiger partial charge < -0.3 is 10.3 Å². The monoisotopic (exact) mass is 196 g/mol. The second kappa shape index (κ2) is 4.06. The van der Waals surface area contributed by atoms with Crippen molar-refractivity contribution in [2.75, 3.05) is 6.54 Å². The van der Waals surface area contributed by atoms with Crippen molar-refractivity contribution in [3.05, 3.63) is 11.7 Å². The molecule has 1 aliphatic rings. The van der Waals surface area contributed by atoms with E-state index in [4.69, 9.17) is 10.3 Å². The van der Waals surface area contributed by atoms with Crippen molar-refractivity contribution in [3.63, 3.8) is 0 Å². The van der Waals surface area contributed by atoms with Crippen LogP contribution in [-0.2, 0) is 13.1 Å². The molecular weight excluding hydrogens is 180 g/mol. The van der Waals surface area contributed by atoms with Crippen LogP contribution in [0.15, 0.2) is 4.52 Å². The molecule has 1 atom stereocenters. The molecule has 1 saturated heterocycles. The number of rotatable bonds is 3. The summed E-state index contributed by atoms with van der Waals surface area (Å²) >= 11 is 0. The van der Waals surface area contributed by atoms with Crippen molar-refractivity contribution in [2.24, 2.45) is 5.73 Å². The quantitative estimate of drug-likeness (QED) is 0.763. The highest BCUT2D eigenvalue weighted by Gasteiger charge is 2.22. The molecule has 0 aromatic carbocycles. The van der Waals surface area contributed by atoms with Crippen LogP contribution < -0.4 is 5.73 Å². The maximum atomic E-state index is 5.40. The zero-order valence-electron chi connectivity index (χ0n) is 8.44. The summed E-state index contributed by atoms with van der Waals surface area (Å²) in [5.41, 5.74) is 5.40. The lowest BCUT2D eigenvalue weighted by molar-refractivity contribution is 0.221. The molecule has 1 unspecified atom stereocenters. The van der Waals surface area contributed by atoms with Crippen LogP contribution in [0.3, 0.4) is 0 Å². The highest BCUT2D eigenvalue weighted by atomic mass is 16.5. The second-order valence-corrected chi connectivity index (χ2v) is 3.77. The van der Waals surface area contributed by atoms with Gasteiger partial charge in [0.15, 0.2) is 5.82 Å². The van der Waals surface area contributed by atoms with Gasteiger partial charge >= 0.3 is 0 Å². The maximum absolute atomic E-state index is 5.40. The molecule has 0 radical (unpaired) electrons. The van der Waals surface area contributed by atoms with E-state index in [0.29, 0.717) is 24.3 Å². The maximum Gasteiger partial charge on any atom is 0.240 e. The second-order valence-electron chi connectivity index (χ2n) is 3.77. The molecule has 0 saturated carbocycles. The summed E-state index contributed by atoms with van der Waals surface area (Å²) in [7, 11) is 0. The third-order valence-electron chi connectivity index (χ3n) is 2.72. The number of aromatic nitrogens is 2. The molecule has 2 rings (SSSR count). The van der Waals surface area contributed by atoms with Gasteiger partial charge in [-0.2, -0.15) is 4.98 Å². The number of hydrogen-bond acceptors (Lipinski definition) is 5. The summed E-state index contributed by atoms with van der Waals surface area (Å²) in [4.78, 5) is 6.54. The first kappa shape index (κ1) is 9.61. The lowest BCUT2D eigenvalue weighted by Crippen LogP contribution is -2.26. The first-order valence-corrected chi connectivity index (χ1v) is 5.05. The Bertz CT molecular complexity index is 299. The fourth-order valence-corrected chi connectivity index (χ4v) is 1.84. The highest BCUT2D eigenvalue weighted by molar-refractivity contribution is 4.87. The Morgan fingerprint density at radius 3 is 3.07 bits per heavy atom. The minimum absolute atomic E-state index is 0.346. The number of nitrogens with two attached hydrogens (primary N) is 1. The Labute approximate surface area is 83.3 Å². The molecule has 1 fully saturated rings. The molecule has 0 aliphatic carbocycles. The van der Waals surface area contributed by atoms with E-state index in [1.807, 2.05) is 0 Å². The molecule has 0 bridgehead atoms. The van der Waals surface area contributed by atoms with Crippen molar-refractivity contribution in [2.45, 2.75) is 38.9 Å². The van der Waals surface area contributed by atoms with Crippen molar-refractivity contribution >= 4 is 0 Å². The Hall–Kier alpha value is -0.940. The zero-order valence-corrected chi connectivity index (χ0v) is 8.44. The third kappa shape index (κ3) is 1.93. The molecule has 2 N–H and O–H groups in total. The van der Waals surface area contributed by atoms with Gasteiger partial charge in [0.1, 0.15) is 0 Å².